The Labute approximate surface area is 184 Å². The van der Waals surface area contributed by atoms with Gasteiger partial charge in [0.15, 0.2) is 0 Å². The average molecular weight is 422 g/mol. The molecular weight excluding hydrogens is 402 g/mol. The van der Waals surface area contributed by atoms with E-state index in [4.69, 9.17) is 4.99 Å². The molecule has 1 unspecified atom stereocenters. The molecule has 1 atom stereocenters. The van der Waals surface area contributed by atoms with Crippen molar-refractivity contribution in [2.45, 2.75) is 11.4 Å². The summed E-state index contributed by atoms with van der Waals surface area (Å²) in [6.07, 6.45) is 0. The normalized spacial score (nSPS) is 19.5. The zero-order valence-electron chi connectivity index (χ0n) is 16.7. The van der Waals surface area contributed by atoms with Crippen LogP contribution in [-0.4, -0.2) is 11.7 Å². The molecular formula is C26H19N3OS. The second-order valence-electron chi connectivity index (χ2n) is 7.72. The maximum atomic E-state index is 13.9. The summed E-state index contributed by atoms with van der Waals surface area (Å²) in [6, 6.07) is 32.5. The number of fused-ring (bicyclic) bond motifs is 3. The number of anilines is 1. The molecule has 31 heavy (non-hydrogen) atoms. The lowest BCUT2D eigenvalue weighted by Gasteiger charge is -2.21. The number of para-hydroxylation sites is 1. The van der Waals surface area contributed by atoms with Gasteiger partial charge in [-0.05, 0) is 34.4 Å². The van der Waals surface area contributed by atoms with Crippen molar-refractivity contribution < 1.29 is 4.79 Å². The largest absolute Gasteiger partial charge is 0.311 e. The highest BCUT2D eigenvalue weighted by Crippen LogP contribution is 2.51. The summed E-state index contributed by atoms with van der Waals surface area (Å²) in [5.41, 5.74) is 3.96. The Hall–Kier alpha value is -3.57. The first kappa shape index (κ1) is 18.2. The van der Waals surface area contributed by atoms with E-state index in [0.29, 0.717) is 6.54 Å². The third-order valence-corrected chi connectivity index (χ3v) is 6.99. The van der Waals surface area contributed by atoms with E-state index >= 15 is 0 Å². The van der Waals surface area contributed by atoms with E-state index < -0.39 is 4.87 Å². The number of rotatable bonds is 3. The minimum atomic E-state index is -0.994. The maximum Gasteiger partial charge on any atom is 0.272 e. The lowest BCUT2D eigenvalue weighted by molar-refractivity contribution is -0.120. The zero-order chi connectivity index (χ0) is 20.8. The molecule has 1 amide bonds. The molecule has 0 saturated carbocycles. The smallest absolute Gasteiger partial charge is 0.272 e. The summed E-state index contributed by atoms with van der Waals surface area (Å²) in [7, 11) is 0. The third kappa shape index (κ3) is 2.77. The number of hydrogen-bond acceptors (Lipinski definition) is 4. The van der Waals surface area contributed by atoms with E-state index in [2.05, 4.69) is 35.1 Å². The van der Waals surface area contributed by atoms with Crippen molar-refractivity contribution in [2.24, 2.45) is 4.99 Å². The second-order valence-corrected chi connectivity index (χ2v) is 8.72. The highest BCUT2D eigenvalue weighted by molar-refractivity contribution is 8.00. The van der Waals surface area contributed by atoms with Crippen molar-refractivity contribution >= 4 is 40.2 Å². The van der Waals surface area contributed by atoms with Crippen molar-refractivity contribution in [1.82, 2.24) is 4.72 Å². The fourth-order valence-corrected chi connectivity index (χ4v) is 5.44. The average Bonchev–Trinajstić information content (AvgIpc) is 3.37. The van der Waals surface area contributed by atoms with Crippen LogP contribution in [0.15, 0.2) is 102 Å². The number of carbonyl (C=O) groups excluding carboxylic acids is 1. The molecule has 5 heteroatoms. The Balaban J connectivity index is 1.45. The molecule has 2 aliphatic heterocycles. The monoisotopic (exact) mass is 421 g/mol. The van der Waals surface area contributed by atoms with Gasteiger partial charge < -0.3 is 9.62 Å². The van der Waals surface area contributed by atoms with Gasteiger partial charge in [0.25, 0.3) is 5.91 Å². The molecule has 4 aromatic carbocycles. The van der Waals surface area contributed by atoms with Crippen LogP contribution in [0.1, 0.15) is 16.7 Å². The van der Waals surface area contributed by atoms with E-state index in [1.165, 1.54) is 22.7 Å². The number of amides is 1. The Morgan fingerprint density at radius 2 is 1.58 bits per heavy atom. The molecule has 6 rings (SSSR count). The number of benzene rings is 4. The van der Waals surface area contributed by atoms with Crippen LogP contribution < -0.4 is 9.62 Å². The Kier molecular flexibility index (Phi) is 4.11. The van der Waals surface area contributed by atoms with Gasteiger partial charge in [-0.1, -0.05) is 91.0 Å². The highest BCUT2D eigenvalue weighted by atomic mass is 32.2. The molecule has 2 heterocycles. The van der Waals surface area contributed by atoms with E-state index in [9.17, 15) is 4.79 Å². The van der Waals surface area contributed by atoms with Gasteiger partial charge >= 0.3 is 0 Å². The van der Waals surface area contributed by atoms with Gasteiger partial charge in [0.05, 0.1) is 12.2 Å². The van der Waals surface area contributed by atoms with Crippen LogP contribution in [0.3, 0.4) is 0 Å². The zero-order valence-corrected chi connectivity index (χ0v) is 17.5. The number of aliphatic imine (C=N–C) groups is 1. The molecule has 0 saturated heterocycles. The summed E-state index contributed by atoms with van der Waals surface area (Å²) >= 11 is 1.38. The van der Waals surface area contributed by atoms with Crippen LogP contribution in [0.25, 0.3) is 10.8 Å². The molecule has 0 aliphatic carbocycles. The fourth-order valence-electron chi connectivity index (χ4n) is 4.41. The Bertz CT molecular complexity index is 1350. The summed E-state index contributed by atoms with van der Waals surface area (Å²) in [6.45, 7) is 0.510. The number of nitrogens with zero attached hydrogens (tertiary/aromatic N) is 2. The van der Waals surface area contributed by atoms with E-state index in [1.807, 2.05) is 71.6 Å². The van der Waals surface area contributed by atoms with Crippen molar-refractivity contribution in [3.05, 3.63) is 114 Å². The standard InChI is InChI=1S/C26H19N3OS/c30-25-26(27-24(28-31-26)19-10-2-1-3-11-19)22-15-6-7-16-23(22)29(25)17-20-13-8-12-18-9-4-5-14-21(18)20/h1-16H,17H2,(H,27,28). The Morgan fingerprint density at radius 1 is 0.839 bits per heavy atom. The van der Waals surface area contributed by atoms with Crippen LogP contribution in [-0.2, 0) is 16.2 Å². The molecule has 0 fully saturated rings. The molecule has 0 aromatic heterocycles. The van der Waals surface area contributed by atoms with Crippen molar-refractivity contribution in [1.29, 1.82) is 0 Å². The van der Waals surface area contributed by atoms with Crippen molar-refractivity contribution in [3.8, 4) is 0 Å². The van der Waals surface area contributed by atoms with Gasteiger partial charge in [-0.25, -0.2) is 4.99 Å². The number of nitrogens with one attached hydrogen (secondary N) is 1. The van der Waals surface area contributed by atoms with Crippen LogP contribution >= 0.6 is 11.9 Å². The molecule has 4 nitrogen and oxygen atoms in total. The van der Waals surface area contributed by atoms with Gasteiger partial charge in [0.1, 0.15) is 5.84 Å². The van der Waals surface area contributed by atoms with Gasteiger partial charge in [-0.15, -0.1) is 0 Å². The maximum absolute atomic E-state index is 13.9. The number of carbonyl (C=O) groups is 1. The number of hydrogen-bond donors (Lipinski definition) is 1. The first-order valence-electron chi connectivity index (χ1n) is 10.2. The predicted octanol–water partition coefficient (Wildman–Crippen LogP) is 5.24. The minimum absolute atomic E-state index is 0.00920. The summed E-state index contributed by atoms with van der Waals surface area (Å²) in [5, 5.41) is 2.35. The summed E-state index contributed by atoms with van der Waals surface area (Å²) in [5.74, 6) is 0.728. The topological polar surface area (TPSA) is 44.7 Å². The molecule has 150 valence electrons. The van der Waals surface area contributed by atoms with Gasteiger partial charge in [0, 0.05) is 11.1 Å². The van der Waals surface area contributed by atoms with Crippen LogP contribution in [0.2, 0.25) is 0 Å². The summed E-state index contributed by atoms with van der Waals surface area (Å²) in [4.78, 5) is 19.7. The predicted molar refractivity (Wildman–Crippen MR) is 127 cm³/mol. The first-order valence-corrected chi connectivity index (χ1v) is 11.1. The van der Waals surface area contributed by atoms with Crippen LogP contribution in [0.4, 0.5) is 5.69 Å². The second kappa shape index (κ2) is 7.00. The molecule has 0 bridgehead atoms. The molecule has 2 aliphatic rings. The van der Waals surface area contributed by atoms with Gasteiger partial charge in [-0.2, -0.15) is 0 Å². The molecule has 1 N–H and O–H groups in total. The SMILES string of the molecule is O=C1N(Cc2cccc3ccccc23)c2ccccc2C12N=C(c1ccccc1)NS2. The van der Waals surface area contributed by atoms with Gasteiger partial charge in [-0.3, -0.25) is 4.79 Å². The minimum Gasteiger partial charge on any atom is -0.311 e. The first-order chi connectivity index (χ1) is 15.3. The third-order valence-electron chi connectivity index (χ3n) is 5.92. The highest BCUT2D eigenvalue weighted by Gasteiger charge is 2.55. The van der Waals surface area contributed by atoms with Gasteiger partial charge in [0.2, 0.25) is 4.87 Å². The number of amidine groups is 1. The van der Waals surface area contributed by atoms with E-state index in [0.717, 1.165) is 28.2 Å². The molecule has 1 spiro atoms. The lowest BCUT2D eigenvalue weighted by Crippen LogP contribution is -2.36. The fraction of sp³-hybridized carbons (Fsp3) is 0.0769. The van der Waals surface area contributed by atoms with Crippen molar-refractivity contribution in [2.75, 3.05) is 4.90 Å². The van der Waals surface area contributed by atoms with Crippen LogP contribution in [0, 0.1) is 0 Å². The lowest BCUT2D eigenvalue weighted by atomic mass is 10.0. The quantitative estimate of drug-likeness (QED) is 0.460. The van der Waals surface area contributed by atoms with E-state index in [-0.39, 0.29) is 5.91 Å². The van der Waals surface area contributed by atoms with E-state index in [1.54, 1.807) is 0 Å². The molecule has 4 aromatic rings. The van der Waals surface area contributed by atoms with Crippen LogP contribution in [0.5, 0.6) is 0 Å². The Morgan fingerprint density at radius 3 is 2.48 bits per heavy atom. The van der Waals surface area contributed by atoms with Crippen molar-refractivity contribution in [3.63, 3.8) is 0 Å². The molecule has 0 radical (unpaired) electrons. The summed E-state index contributed by atoms with van der Waals surface area (Å²) < 4.78 is 3.31.